The minimum atomic E-state index is -3.21. The second-order valence-electron chi connectivity index (χ2n) is 10.0. The molecule has 0 aliphatic heterocycles. The van der Waals surface area contributed by atoms with Crippen LogP contribution in [0.4, 0.5) is 0 Å². The summed E-state index contributed by atoms with van der Waals surface area (Å²) in [5, 5.41) is 0. The van der Waals surface area contributed by atoms with E-state index < -0.39 is 23.1 Å². The molecular weight excluding hydrogens is 389 g/mol. The molecule has 0 aromatic heterocycles. The van der Waals surface area contributed by atoms with Crippen molar-refractivity contribution in [1.82, 2.24) is 0 Å². The molecule has 0 heterocycles. The number of benzene rings is 1. The quantitative estimate of drug-likeness (QED) is 0.615. The van der Waals surface area contributed by atoms with Gasteiger partial charge in [-0.05, 0) is 0 Å². The molecule has 0 amide bonds. The van der Waals surface area contributed by atoms with Crippen LogP contribution in [0, 0.1) is 29.6 Å². The van der Waals surface area contributed by atoms with Gasteiger partial charge in [-0.25, -0.2) is 0 Å². The number of rotatable bonds is 5. The molecule has 4 heteroatoms. The Labute approximate surface area is 156 Å². The van der Waals surface area contributed by atoms with Gasteiger partial charge in [0.1, 0.15) is 0 Å². The zero-order chi connectivity index (χ0) is 17.8. The number of hydrogen-bond donors (Lipinski definition) is 0. The topological polar surface area (TPSA) is 34.1 Å². The first kappa shape index (κ1) is 18.1. The molecule has 4 aliphatic rings. The predicted molar refractivity (Wildman–Crippen MR) is 106 cm³/mol. The van der Waals surface area contributed by atoms with Gasteiger partial charge in [-0.3, -0.25) is 0 Å². The second-order valence-corrected chi connectivity index (χ2v) is 24.4. The zero-order valence-electron chi connectivity index (χ0n) is 15.8. The van der Waals surface area contributed by atoms with Gasteiger partial charge in [-0.2, -0.15) is 0 Å². The Kier molecular flexibility index (Phi) is 4.63. The third kappa shape index (κ3) is 3.36. The Bertz CT molecular complexity index is 692. The van der Waals surface area contributed by atoms with Crippen LogP contribution in [0.5, 0.6) is 0 Å². The Morgan fingerprint density at radius 1 is 0.920 bits per heavy atom. The molecular formula is C21H32GeO2S. The van der Waals surface area contributed by atoms with Gasteiger partial charge in [-0.15, -0.1) is 0 Å². The monoisotopic (exact) mass is 422 g/mol. The summed E-state index contributed by atoms with van der Waals surface area (Å²) in [6, 6.07) is 9.23. The fourth-order valence-corrected chi connectivity index (χ4v) is 17.4. The SMILES string of the molecule is [CH3][Ge]([CH3])([CH3])[CH](CC1C2CC3CC(C2)CC1C3)S(=O)(=O)c1ccccc1. The molecule has 1 aromatic rings. The summed E-state index contributed by atoms with van der Waals surface area (Å²) in [5.74, 6) is 11.1. The van der Waals surface area contributed by atoms with E-state index in [0.29, 0.717) is 10.8 Å². The van der Waals surface area contributed by atoms with Crippen molar-refractivity contribution in [3.63, 3.8) is 0 Å². The van der Waals surface area contributed by atoms with E-state index in [2.05, 4.69) is 17.3 Å². The van der Waals surface area contributed by atoms with Crippen LogP contribution in [0.15, 0.2) is 35.2 Å². The molecule has 1 aromatic carbocycles. The van der Waals surface area contributed by atoms with Crippen LogP contribution < -0.4 is 0 Å². The molecule has 4 aliphatic carbocycles. The summed E-state index contributed by atoms with van der Waals surface area (Å²) in [4.78, 5) is 0.546. The van der Waals surface area contributed by atoms with Crippen molar-refractivity contribution in [1.29, 1.82) is 0 Å². The standard InChI is InChI=1S/C21H32GeO2S/c1-22(2,3)21(25(23,24)19-7-5-4-6-8-19)14-20-17-10-15-9-16(12-17)13-18(20)11-15/h4-8,15-18,20-21H,9-14H2,1-3H3. The molecule has 1 atom stereocenters. The molecule has 138 valence electrons. The van der Waals surface area contributed by atoms with Gasteiger partial charge >= 0.3 is 156 Å². The van der Waals surface area contributed by atoms with Crippen LogP contribution in [0.1, 0.15) is 38.5 Å². The summed E-state index contributed by atoms with van der Waals surface area (Å²) >= 11 is -2.39. The average molecular weight is 421 g/mol. The summed E-state index contributed by atoms with van der Waals surface area (Å²) in [7, 11) is -3.21. The summed E-state index contributed by atoms with van der Waals surface area (Å²) in [5.41, 5.74) is 0. The molecule has 0 saturated heterocycles. The molecule has 4 saturated carbocycles. The van der Waals surface area contributed by atoms with E-state index in [1.165, 1.54) is 32.1 Å². The fraction of sp³-hybridized carbons (Fsp3) is 0.714. The predicted octanol–water partition coefficient (Wildman–Crippen LogP) is 5.17. The Morgan fingerprint density at radius 2 is 1.44 bits per heavy atom. The van der Waals surface area contributed by atoms with Crippen molar-refractivity contribution >= 4 is 23.1 Å². The summed E-state index contributed by atoms with van der Waals surface area (Å²) < 4.78 is 26.9. The third-order valence-electron chi connectivity index (χ3n) is 7.32. The molecule has 2 nitrogen and oxygen atoms in total. The van der Waals surface area contributed by atoms with E-state index in [-0.39, 0.29) is 4.08 Å². The Balaban J connectivity index is 1.63. The summed E-state index contributed by atoms with van der Waals surface area (Å²) in [6.45, 7) is 0. The second kappa shape index (κ2) is 6.40. The zero-order valence-corrected chi connectivity index (χ0v) is 18.7. The van der Waals surface area contributed by atoms with Crippen molar-refractivity contribution in [2.24, 2.45) is 29.6 Å². The molecule has 25 heavy (non-hydrogen) atoms. The Hall–Kier alpha value is -0.287. The normalized spacial score (nSPS) is 35.7. The van der Waals surface area contributed by atoms with Gasteiger partial charge in [0.15, 0.2) is 0 Å². The van der Waals surface area contributed by atoms with E-state index >= 15 is 0 Å². The number of sulfone groups is 1. The Morgan fingerprint density at radius 3 is 1.92 bits per heavy atom. The van der Waals surface area contributed by atoms with Gasteiger partial charge in [0.2, 0.25) is 0 Å². The van der Waals surface area contributed by atoms with E-state index in [9.17, 15) is 8.42 Å². The maximum atomic E-state index is 13.5. The first-order valence-electron chi connectivity index (χ1n) is 10.0. The molecule has 1 unspecified atom stereocenters. The maximum absolute atomic E-state index is 13.5. The average Bonchev–Trinajstić information content (AvgIpc) is 2.53. The minimum absolute atomic E-state index is 0.0996. The fourth-order valence-electron chi connectivity index (χ4n) is 6.39. The molecule has 0 radical (unpaired) electrons. The third-order valence-corrected chi connectivity index (χ3v) is 19.4. The van der Waals surface area contributed by atoms with E-state index in [0.717, 1.165) is 30.1 Å². The molecule has 5 rings (SSSR count). The summed E-state index contributed by atoms with van der Waals surface area (Å²) in [6.07, 6.45) is 7.93. The van der Waals surface area contributed by atoms with Crippen molar-refractivity contribution in [2.45, 2.75) is 64.8 Å². The van der Waals surface area contributed by atoms with Gasteiger partial charge in [0, 0.05) is 0 Å². The van der Waals surface area contributed by atoms with Gasteiger partial charge in [0.25, 0.3) is 0 Å². The van der Waals surface area contributed by atoms with Crippen LogP contribution in [0.25, 0.3) is 0 Å². The molecule has 0 N–H and O–H groups in total. The molecule has 4 fully saturated rings. The van der Waals surface area contributed by atoms with Crippen LogP contribution in [0.2, 0.25) is 17.3 Å². The van der Waals surface area contributed by atoms with E-state index in [4.69, 9.17) is 0 Å². The van der Waals surface area contributed by atoms with Crippen LogP contribution in [-0.2, 0) is 9.84 Å². The van der Waals surface area contributed by atoms with Gasteiger partial charge in [0.05, 0.1) is 0 Å². The van der Waals surface area contributed by atoms with E-state index in [1.54, 1.807) is 12.1 Å². The van der Waals surface area contributed by atoms with Gasteiger partial charge in [-0.1, -0.05) is 0 Å². The van der Waals surface area contributed by atoms with Crippen LogP contribution in [-0.4, -0.2) is 25.8 Å². The van der Waals surface area contributed by atoms with Crippen molar-refractivity contribution in [3.8, 4) is 0 Å². The molecule has 4 bridgehead atoms. The number of hydrogen-bond acceptors (Lipinski definition) is 2. The van der Waals surface area contributed by atoms with E-state index in [1.807, 2.05) is 18.2 Å². The van der Waals surface area contributed by atoms with Crippen molar-refractivity contribution in [2.75, 3.05) is 0 Å². The first-order chi connectivity index (χ1) is 11.7. The first-order valence-corrected chi connectivity index (χ1v) is 19.1. The van der Waals surface area contributed by atoms with Crippen LogP contribution >= 0.6 is 0 Å². The molecule has 0 spiro atoms. The van der Waals surface area contributed by atoms with Crippen molar-refractivity contribution in [3.05, 3.63) is 30.3 Å². The van der Waals surface area contributed by atoms with Gasteiger partial charge < -0.3 is 0 Å². The van der Waals surface area contributed by atoms with Crippen molar-refractivity contribution < 1.29 is 8.42 Å². The van der Waals surface area contributed by atoms with Crippen LogP contribution in [0.3, 0.4) is 0 Å².